The van der Waals surface area contributed by atoms with Crippen LogP contribution in [0.3, 0.4) is 0 Å². The van der Waals surface area contributed by atoms with E-state index in [1.165, 1.54) is 12.1 Å². The fraction of sp³-hybridized carbons (Fsp3) is 0.611. The molecule has 3 rings (SSSR count). The van der Waals surface area contributed by atoms with Crippen molar-refractivity contribution in [2.75, 3.05) is 19.6 Å². The van der Waals surface area contributed by atoms with Gasteiger partial charge in [-0.05, 0) is 55.8 Å². The van der Waals surface area contributed by atoms with Crippen LogP contribution in [0.25, 0.3) is 0 Å². The smallest absolute Gasteiger partial charge is 0.239 e. The number of likely N-dealkylation sites (tertiary alicyclic amines) is 1. The van der Waals surface area contributed by atoms with Crippen LogP contribution in [0.2, 0.25) is 0 Å². The molecule has 0 radical (unpaired) electrons. The fourth-order valence-corrected chi connectivity index (χ4v) is 3.65. The molecule has 2 saturated heterocycles. The molecule has 5 heteroatoms. The van der Waals surface area contributed by atoms with Crippen molar-refractivity contribution in [3.05, 3.63) is 35.6 Å². The van der Waals surface area contributed by atoms with Gasteiger partial charge < -0.3 is 15.3 Å². The quantitative estimate of drug-likeness (QED) is 0.898. The summed E-state index contributed by atoms with van der Waals surface area (Å²) in [5, 5.41) is 13.8. The molecule has 2 aliphatic heterocycles. The Labute approximate surface area is 136 Å². The Morgan fingerprint density at radius 3 is 2.48 bits per heavy atom. The van der Waals surface area contributed by atoms with Crippen LogP contribution < -0.4 is 5.32 Å². The highest BCUT2D eigenvalue weighted by molar-refractivity contribution is 5.82. The molecule has 2 atom stereocenters. The minimum atomic E-state index is -0.583. The van der Waals surface area contributed by atoms with Gasteiger partial charge >= 0.3 is 0 Å². The van der Waals surface area contributed by atoms with Crippen LogP contribution in [0.15, 0.2) is 24.3 Å². The maximum absolute atomic E-state index is 13.0. The van der Waals surface area contributed by atoms with Crippen LogP contribution in [0.5, 0.6) is 0 Å². The van der Waals surface area contributed by atoms with Crippen LogP contribution in [0, 0.1) is 11.7 Å². The second kappa shape index (κ2) is 7.41. The third-order valence-electron chi connectivity index (χ3n) is 5.12. The Morgan fingerprint density at radius 2 is 1.87 bits per heavy atom. The minimum absolute atomic E-state index is 0.0256. The highest BCUT2D eigenvalue weighted by Gasteiger charge is 2.31. The topological polar surface area (TPSA) is 52.6 Å². The van der Waals surface area contributed by atoms with Gasteiger partial charge in [0.05, 0.1) is 12.1 Å². The predicted octanol–water partition coefficient (Wildman–Crippen LogP) is 2.24. The first kappa shape index (κ1) is 16.4. The monoisotopic (exact) mass is 320 g/mol. The molecule has 4 nitrogen and oxygen atoms in total. The lowest BCUT2D eigenvalue weighted by Crippen LogP contribution is -2.51. The number of halogens is 1. The molecule has 1 aromatic carbocycles. The summed E-state index contributed by atoms with van der Waals surface area (Å²) in [6.45, 7) is 2.32. The molecule has 23 heavy (non-hydrogen) atoms. The van der Waals surface area contributed by atoms with E-state index in [2.05, 4.69) is 5.32 Å². The van der Waals surface area contributed by atoms with Gasteiger partial charge in [-0.15, -0.1) is 0 Å². The first-order valence-electron chi connectivity index (χ1n) is 8.61. The van der Waals surface area contributed by atoms with Crippen LogP contribution in [0.1, 0.15) is 43.8 Å². The Kier molecular flexibility index (Phi) is 5.28. The molecule has 0 unspecified atom stereocenters. The molecule has 2 fully saturated rings. The van der Waals surface area contributed by atoms with Gasteiger partial charge in [-0.3, -0.25) is 4.79 Å². The first-order valence-corrected chi connectivity index (χ1v) is 8.61. The second-order valence-corrected chi connectivity index (χ2v) is 6.66. The molecule has 0 saturated carbocycles. The van der Waals surface area contributed by atoms with Gasteiger partial charge in [0.25, 0.3) is 0 Å². The summed E-state index contributed by atoms with van der Waals surface area (Å²) >= 11 is 0. The molecule has 0 aliphatic carbocycles. The van der Waals surface area contributed by atoms with Crippen molar-refractivity contribution in [1.29, 1.82) is 0 Å². The predicted molar refractivity (Wildman–Crippen MR) is 86.3 cm³/mol. The van der Waals surface area contributed by atoms with E-state index in [1.54, 1.807) is 12.1 Å². The van der Waals surface area contributed by atoms with Crippen molar-refractivity contribution in [3.8, 4) is 0 Å². The zero-order valence-electron chi connectivity index (χ0n) is 13.4. The van der Waals surface area contributed by atoms with Gasteiger partial charge in [0.2, 0.25) is 5.91 Å². The maximum atomic E-state index is 13.0. The van der Waals surface area contributed by atoms with Gasteiger partial charge in [0.1, 0.15) is 5.82 Å². The van der Waals surface area contributed by atoms with Crippen LogP contribution in [-0.2, 0) is 4.79 Å². The van der Waals surface area contributed by atoms with E-state index < -0.39 is 6.10 Å². The summed E-state index contributed by atoms with van der Waals surface area (Å²) in [5.41, 5.74) is 0.755. The number of carbonyl (C=O) groups is 1. The van der Waals surface area contributed by atoms with Crippen molar-refractivity contribution < 1.29 is 14.3 Å². The Bertz CT molecular complexity index is 520. The average molecular weight is 320 g/mol. The molecule has 2 aliphatic rings. The highest BCUT2D eigenvalue weighted by Crippen LogP contribution is 2.31. The van der Waals surface area contributed by atoms with E-state index >= 15 is 0 Å². The third kappa shape index (κ3) is 3.90. The lowest BCUT2D eigenvalue weighted by Gasteiger charge is -2.37. The van der Waals surface area contributed by atoms with Crippen molar-refractivity contribution in [3.63, 3.8) is 0 Å². The summed E-state index contributed by atoms with van der Waals surface area (Å²) in [6, 6.07) is 6.02. The molecule has 1 amide bonds. The fourth-order valence-electron chi connectivity index (χ4n) is 3.65. The van der Waals surface area contributed by atoms with Crippen molar-refractivity contribution in [2.24, 2.45) is 5.92 Å². The number of benzene rings is 1. The first-order chi connectivity index (χ1) is 11.1. The van der Waals surface area contributed by atoms with Crippen molar-refractivity contribution in [1.82, 2.24) is 10.2 Å². The van der Waals surface area contributed by atoms with Crippen LogP contribution in [0.4, 0.5) is 4.39 Å². The lowest BCUT2D eigenvalue weighted by atomic mass is 9.87. The minimum Gasteiger partial charge on any atom is -0.388 e. The van der Waals surface area contributed by atoms with Crippen LogP contribution in [-0.4, -0.2) is 41.6 Å². The number of hydrogen-bond acceptors (Lipinski definition) is 3. The Morgan fingerprint density at radius 1 is 1.17 bits per heavy atom. The summed E-state index contributed by atoms with van der Waals surface area (Å²) < 4.78 is 13.0. The van der Waals surface area contributed by atoms with Crippen LogP contribution >= 0.6 is 0 Å². The second-order valence-electron chi connectivity index (χ2n) is 6.66. The Balaban J connectivity index is 1.53. The van der Waals surface area contributed by atoms with Gasteiger partial charge in [0.15, 0.2) is 0 Å². The van der Waals surface area contributed by atoms with Gasteiger partial charge in [0, 0.05) is 13.1 Å². The number of aliphatic hydroxyl groups is 1. The highest BCUT2D eigenvalue weighted by atomic mass is 19.1. The van der Waals surface area contributed by atoms with E-state index in [1.807, 2.05) is 4.90 Å². The zero-order valence-corrected chi connectivity index (χ0v) is 13.4. The number of nitrogens with one attached hydrogen (secondary N) is 1. The number of carbonyl (C=O) groups excluding carboxylic acids is 1. The number of piperidine rings is 2. The van der Waals surface area contributed by atoms with Gasteiger partial charge in [-0.25, -0.2) is 4.39 Å². The maximum Gasteiger partial charge on any atom is 0.239 e. The molecule has 0 spiro atoms. The number of rotatable bonds is 3. The molecule has 0 aromatic heterocycles. The normalized spacial score (nSPS) is 24.4. The van der Waals surface area contributed by atoms with E-state index in [-0.39, 0.29) is 23.7 Å². The standard InChI is InChI=1S/C18H25FN2O2/c19-15-6-4-13(5-7-15)17(22)14-8-11-21(12-9-14)18(23)16-3-1-2-10-20-16/h4-7,14,16-17,20,22H,1-3,8-12H2/t16-,17-/m0/s1. The summed E-state index contributed by atoms with van der Waals surface area (Å²) in [6.07, 6.45) is 4.18. The SMILES string of the molecule is O=C([C@@H]1CCCCN1)N1CCC([C@@H](O)c2ccc(F)cc2)CC1. The molecule has 1 aromatic rings. The van der Waals surface area contributed by atoms with Gasteiger partial charge in [-0.1, -0.05) is 18.6 Å². The molecular formula is C18H25FN2O2. The third-order valence-corrected chi connectivity index (χ3v) is 5.12. The molecular weight excluding hydrogens is 295 g/mol. The van der Waals surface area contributed by atoms with E-state index in [0.29, 0.717) is 13.1 Å². The lowest BCUT2D eigenvalue weighted by molar-refractivity contribution is -0.136. The average Bonchev–Trinajstić information content (AvgIpc) is 2.62. The Hall–Kier alpha value is -1.46. The number of aliphatic hydroxyl groups excluding tert-OH is 1. The zero-order chi connectivity index (χ0) is 16.2. The van der Waals surface area contributed by atoms with E-state index in [9.17, 15) is 14.3 Å². The largest absolute Gasteiger partial charge is 0.388 e. The van der Waals surface area contributed by atoms with Crippen molar-refractivity contribution in [2.45, 2.75) is 44.2 Å². The number of nitrogens with zero attached hydrogens (tertiary/aromatic N) is 1. The summed E-state index contributed by atoms with van der Waals surface area (Å²) in [5.74, 6) is 0.0459. The number of hydrogen-bond donors (Lipinski definition) is 2. The summed E-state index contributed by atoms with van der Waals surface area (Å²) in [7, 11) is 0. The number of amides is 1. The summed E-state index contributed by atoms with van der Waals surface area (Å²) in [4.78, 5) is 14.4. The van der Waals surface area contributed by atoms with Crippen molar-refractivity contribution >= 4 is 5.91 Å². The molecule has 2 heterocycles. The molecule has 0 bridgehead atoms. The van der Waals surface area contributed by atoms with E-state index in [4.69, 9.17) is 0 Å². The van der Waals surface area contributed by atoms with Gasteiger partial charge in [-0.2, -0.15) is 0 Å². The van der Waals surface area contributed by atoms with E-state index in [0.717, 1.165) is 44.2 Å². The molecule has 2 N–H and O–H groups in total. The molecule has 126 valence electrons.